The molecule has 9 heteroatoms. The highest BCUT2D eigenvalue weighted by atomic mass is 35.5. The van der Waals surface area contributed by atoms with Gasteiger partial charge in [0.15, 0.2) is 5.82 Å². The van der Waals surface area contributed by atoms with E-state index in [1.807, 2.05) is 6.07 Å². The first kappa shape index (κ1) is 20.8. The molecule has 152 valence electrons. The van der Waals surface area contributed by atoms with E-state index >= 15 is 0 Å². The summed E-state index contributed by atoms with van der Waals surface area (Å²) in [7, 11) is 3.33. The summed E-state index contributed by atoms with van der Waals surface area (Å²) >= 11 is 5.87. The first-order valence-electron chi connectivity index (χ1n) is 8.91. The van der Waals surface area contributed by atoms with Crippen LogP contribution in [0.5, 0.6) is 5.75 Å². The summed E-state index contributed by atoms with van der Waals surface area (Å²) < 4.78 is 19.8. The molecular formula is C20H21ClFN5O2. The van der Waals surface area contributed by atoms with Crippen LogP contribution in [0.2, 0.25) is 5.02 Å². The number of fused-ring (bicyclic) bond motifs is 1. The number of carbonyl (C=O) groups excluding carboxylic acids is 1. The van der Waals surface area contributed by atoms with E-state index in [0.29, 0.717) is 28.9 Å². The molecule has 3 rings (SSSR count). The first-order valence-corrected chi connectivity index (χ1v) is 9.29. The lowest BCUT2D eigenvalue weighted by Crippen LogP contribution is -2.32. The maximum absolute atomic E-state index is 14.3. The van der Waals surface area contributed by atoms with Crippen molar-refractivity contribution in [3.63, 3.8) is 0 Å². The summed E-state index contributed by atoms with van der Waals surface area (Å²) in [5.74, 6) is 0.0920. The minimum atomic E-state index is -0.564. The van der Waals surface area contributed by atoms with Crippen LogP contribution in [0.1, 0.15) is 12.0 Å². The molecule has 0 radical (unpaired) electrons. The van der Waals surface area contributed by atoms with E-state index in [0.717, 1.165) is 5.56 Å². The number of methoxy groups -OCH3 is 1. The number of likely N-dealkylation sites (N-methyl/N-ethyl adjacent to an activating group) is 1. The summed E-state index contributed by atoms with van der Waals surface area (Å²) in [6, 6.07) is 8.17. The van der Waals surface area contributed by atoms with Gasteiger partial charge in [0, 0.05) is 23.9 Å². The lowest BCUT2D eigenvalue weighted by Gasteiger charge is -2.18. The zero-order valence-corrected chi connectivity index (χ0v) is 16.8. The van der Waals surface area contributed by atoms with Crippen LogP contribution in [0.4, 0.5) is 15.9 Å². The SMILES string of the molecule is CNC(CC(N)=O)Cc1cc2c(Nc3cccc(Cl)c3F)ncnc2cc1OC. The van der Waals surface area contributed by atoms with Gasteiger partial charge in [-0.3, -0.25) is 4.79 Å². The molecule has 0 fully saturated rings. The van der Waals surface area contributed by atoms with Gasteiger partial charge in [-0.1, -0.05) is 17.7 Å². The Hall–Kier alpha value is -2.97. The number of hydrogen-bond acceptors (Lipinski definition) is 6. The van der Waals surface area contributed by atoms with Gasteiger partial charge in [0.25, 0.3) is 0 Å². The van der Waals surface area contributed by atoms with E-state index < -0.39 is 11.7 Å². The van der Waals surface area contributed by atoms with Gasteiger partial charge in [-0.15, -0.1) is 0 Å². The topological polar surface area (TPSA) is 102 Å². The number of nitrogens with zero attached hydrogens (tertiary/aromatic N) is 2. The maximum atomic E-state index is 14.3. The van der Waals surface area contributed by atoms with Crippen LogP contribution in [-0.2, 0) is 11.2 Å². The molecule has 3 aromatic rings. The molecule has 7 nitrogen and oxygen atoms in total. The summed E-state index contributed by atoms with van der Waals surface area (Å²) in [6.07, 6.45) is 2.07. The summed E-state index contributed by atoms with van der Waals surface area (Å²) in [5, 5.41) is 6.75. The van der Waals surface area contributed by atoms with Crippen molar-refractivity contribution in [3.05, 3.63) is 53.1 Å². The normalized spacial score (nSPS) is 12.0. The number of halogens is 2. The molecule has 4 N–H and O–H groups in total. The molecule has 1 unspecified atom stereocenters. The van der Waals surface area contributed by atoms with Crippen molar-refractivity contribution in [2.45, 2.75) is 18.9 Å². The predicted molar refractivity (Wildman–Crippen MR) is 111 cm³/mol. The Kier molecular flexibility index (Phi) is 6.46. The highest BCUT2D eigenvalue weighted by Gasteiger charge is 2.17. The Labute approximate surface area is 172 Å². The van der Waals surface area contributed by atoms with Crippen molar-refractivity contribution < 1.29 is 13.9 Å². The van der Waals surface area contributed by atoms with E-state index in [2.05, 4.69) is 20.6 Å². The molecule has 29 heavy (non-hydrogen) atoms. The fourth-order valence-corrected chi connectivity index (χ4v) is 3.26. The second kappa shape index (κ2) is 9.02. The van der Waals surface area contributed by atoms with Crippen LogP contribution >= 0.6 is 11.6 Å². The number of primary amides is 1. The number of aromatic nitrogens is 2. The average molecular weight is 418 g/mol. The minimum Gasteiger partial charge on any atom is -0.496 e. The van der Waals surface area contributed by atoms with Gasteiger partial charge >= 0.3 is 0 Å². The number of benzene rings is 2. The van der Waals surface area contributed by atoms with Crippen LogP contribution < -0.4 is 21.1 Å². The Morgan fingerprint density at radius 1 is 1.34 bits per heavy atom. The Morgan fingerprint density at radius 2 is 2.14 bits per heavy atom. The molecule has 0 aliphatic carbocycles. The first-order chi connectivity index (χ1) is 13.9. The number of ether oxygens (including phenoxy) is 1. The van der Waals surface area contributed by atoms with Crippen molar-refractivity contribution in [2.75, 3.05) is 19.5 Å². The van der Waals surface area contributed by atoms with Gasteiger partial charge in [0.2, 0.25) is 5.91 Å². The minimum absolute atomic E-state index is 0.0130. The lowest BCUT2D eigenvalue weighted by molar-refractivity contribution is -0.118. The molecule has 0 spiro atoms. The monoisotopic (exact) mass is 417 g/mol. The molecule has 1 aromatic heterocycles. The highest BCUT2D eigenvalue weighted by molar-refractivity contribution is 6.31. The molecule has 0 aliphatic rings. The van der Waals surface area contributed by atoms with Gasteiger partial charge in [0.1, 0.15) is 17.9 Å². The van der Waals surface area contributed by atoms with Crippen LogP contribution in [0, 0.1) is 5.82 Å². The van der Waals surface area contributed by atoms with Crippen molar-refractivity contribution >= 4 is 39.9 Å². The van der Waals surface area contributed by atoms with Gasteiger partial charge in [0.05, 0.1) is 23.3 Å². The number of anilines is 2. The molecule has 0 saturated heterocycles. The van der Waals surface area contributed by atoms with E-state index in [1.54, 1.807) is 32.4 Å². The Bertz CT molecular complexity index is 1050. The molecule has 1 amide bonds. The van der Waals surface area contributed by atoms with Crippen molar-refractivity contribution in [1.29, 1.82) is 0 Å². The number of hydrogen-bond donors (Lipinski definition) is 3. The molecule has 1 atom stereocenters. The van der Waals surface area contributed by atoms with Gasteiger partial charge in [-0.05, 0) is 37.2 Å². The van der Waals surface area contributed by atoms with Crippen molar-refractivity contribution in [2.24, 2.45) is 5.73 Å². The number of amides is 1. The number of nitrogens with two attached hydrogens (primary N) is 1. The van der Waals surface area contributed by atoms with E-state index in [9.17, 15) is 9.18 Å². The second-order valence-corrected chi connectivity index (χ2v) is 6.90. The Balaban J connectivity index is 2.04. The average Bonchev–Trinajstić information content (AvgIpc) is 2.70. The fraction of sp³-hybridized carbons (Fsp3) is 0.250. The van der Waals surface area contributed by atoms with E-state index in [4.69, 9.17) is 22.1 Å². The van der Waals surface area contributed by atoms with Crippen LogP contribution in [0.3, 0.4) is 0 Å². The molecule has 2 aromatic carbocycles. The zero-order valence-electron chi connectivity index (χ0n) is 16.0. The number of rotatable bonds is 8. The van der Waals surface area contributed by atoms with Crippen molar-refractivity contribution in [1.82, 2.24) is 15.3 Å². The molecule has 0 bridgehead atoms. The summed E-state index contributed by atoms with van der Waals surface area (Å²) in [5.41, 5.74) is 7.00. The predicted octanol–water partition coefficient (Wildman–Crippen LogP) is 3.18. The van der Waals surface area contributed by atoms with Crippen LogP contribution in [-0.4, -0.2) is 36.1 Å². The molecule has 1 heterocycles. The smallest absolute Gasteiger partial charge is 0.218 e. The number of nitrogens with one attached hydrogen (secondary N) is 2. The largest absolute Gasteiger partial charge is 0.496 e. The number of carbonyl (C=O) groups is 1. The molecule has 0 aliphatic heterocycles. The van der Waals surface area contributed by atoms with Gasteiger partial charge in [-0.25, -0.2) is 14.4 Å². The fourth-order valence-electron chi connectivity index (χ4n) is 3.09. The third-order valence-electron chi connectivity index (χ3n) is 4.56. The van der Waals surface area contributed by atoms with E-state index in [1.165, 1.54) is 12.4 Å². The third-order valence-corrected chi connectivity index (χ3v) is 4.86. The summed E-state index contributed by atoms with van der Waals surface area (Å²) in [6.45, 7) is 0. The van der Waals surface area contributed by atoms with Gasteiger partial charge < -0.3 is 21.1 Å². The lowest BCUT2D eigenvalue weighted by atomic mass is 10.00. The zero-order chi connectivity index (χ0) is 21.0. The quantitative estimate of drug-likeness (QED) is 0.520. The highest BCUT2D eigenvalue weighted by Crippen LogP contribution is 2.32. The maximum Gasteiger partial charge on any atom is 0.218 e. The van der Waals surface area contributed by atoms with Crippen molar-refractivity contribution in [3.8, 4) is 5.75 Å². The summed E-state index contributed by atoms with van der Waals surface area (Å²) in [4.78, 5) is 19.9. The standard InChI is InChI=1S/C20H21ClFN5O2/c1-24-12(8-18(23)28)6-11-7-13-16(9-17(11)29-2)25-10-26-20(13)27-15-5-3-4-14(21)19(15)22/h3-5,7,9-10,12,24H,6,8H2,1-2H3,(H2,23,28)(H,25,26,27). The second-order valence-electron chi connectivity index (χ2n) is 6.49. The molecule has 0 saturated carbocycles. The van der Waals surface area contributed by atoms with Crippen LogP contribution in [0.25, 0.3) is 10.9 Å². The van der Waals surface area contributed by atoms with E-state index in [-0.39, 0.29) is 23.2 Å². The Morgan fingerprint density at radius 3 is 2.83 bits per heavy atom. The molecular weight excluding hydrogens is 397 g/mol. The van der Waals surface area contributed by atoms with Gasteiger partial charge in [-0.2, -0.15) is 0 Å². The van der Waals surface area contributed by atoms with Crippen LogP contribution in [0.15, 0.2) is 36.7 Å². The third kappa shape index (κ3) is 4.72.